The van der Waals surface area contributed by atoms with E-state index in [1.54, 1.807) is 0 Å². The molecular weight excluding hydrogens is 172 g/mol. The summed E-state index contributed by atoms with van der Waals surface area (Å²) in [4.78, 5) is 2.64. The van der Waals surface area contributed by atoms with Crippen molar-refractivity contribution in [2.45, 2.75) is 52.6 Å². The van der Waals surface area contributed by atoms with Gasteiger partial charge in [-0.2, -0.15) is 0 Å². The summed E-state index contributed by atoms with van der Waals surface area (Å²) in [6, 6.07) is 1.43. The number of hydrogen-bond donors (Lipinski definition) is 1. The third kappa shape index (κ3) is 3.25. The zero-order valence-electron chi connectivity index (χ0n) is 10.2. The maximum Gasteiger partial charge on any atom is 0.0218 e. The van der Waals surface area contributed by atoms with Crippen LogP contribution in [-0.4, -0.2) is 36.6 Å². The van der Waals surface area contributed by atoms with Gasteiger partial charge in [0.2, 0.25) is 0 Å². The summed E-state index contributed by atoms with van der Waals surface area (Å²) in [5.41, 5.74) is 0. The summed E-state index contributed by atoms with van der Waals surface area (Å²) in [5.74, 6) is 0.750. The van der Waals surface area contributed by atoms with E-state index in [0.29, 0.717) is 6.04 Å². The molecular formula is C12H26N2. The van der Waals surface area contributed by atoms with Gasteiger partial charge in [0.15, 0.2) is 0 Å². The predicted molar refractivity (Wildman–Crippen MR) is 62.6 cm³/mol. The summed E-state index contributed by atoms with van der Waals surface area (Å²) in [6.07, 6.45) is 2.57. The van der Waals surface area contributed by atoms with E-state index in [-0.39, 0.29) is 0 Å². The van der Waals surface area contributed by atoms with Crippen LogP contribution in [0.4, 0.5) is 0 Å². The minimum atomic E-state index is 0.687. The second-order valence-corrected chi connectivity index (χ2v) is 4.91. The maximum atomic E-state index is 3.65. The smallest absolute Gasteiger partial charge is 0.0218 e. The van der Waals surface area contributed by atoms with E-state index >= 15 is 0 Å². The van der Waals surface area contributed by atoms with Crippen LogP contribution in [0.5, 0.6) is 0 Å². The van der Waals surface area contributed by atoms with E-state index in [0.717, 1.165) is 12.0 Å². The lowest BCUT2D eigenvalue weighted by atomic mass is 10.0. The average molecular weight is 198 g/mol. The van der Waals surface area contributed by atoms with E-state index in [9.17, 15) is 0 Å². The highest BCUT2D eigenvalue weighted by atomic mass is 15.2. The van der Waals surface area contributed by atoms with Crippen LogP contribution in [0, 0.1) is 5.92 Å². The monoisotopic (exact) mass is 198 g/mol. The summed E-state index contributed by atoms with van der Waals surface area (Å²) < 4.78 is 0. The molecule has 1 aliphatic heterocycles. The number of nitrogens with zero attached hydrogens (tertiary/aromatic N) is 1. The van der Waals surface area contributed by atoms with Crippen LogP contribution in [0.25, 0.3) is 0 Å². The molecule has 2 nitrogen and oxygen atoms in total. The molecule has 2 atom stereocenters. The standard InChI is InChI=1S/C12H26N2/c1-5-11(4)14-8-6-7-13-12(9-14)10(2)3/h10-13H,5-9H2,1-4H3. The molecule has 0 saturated carbocycles. The molecule has 0 aromatic heterocycles. The predicted octanol–water partition coefficient (Wildman–Crippen LogP) is 2.10. The molecule has 1 saturated heterocycles. The molecule has 0 bridgehead atoms. The van der Waals surface area contributed by atoms with Crippen LogP contribution >= 0.6 is 0 Å². The fourth-order valence-electron chi connectivity index (χ4n) is 2.08. The van der Waals surface area contributed by atoms with Crippen LogP contribution in [0.1, 0.15) is 40.5 Å². The molecule has 1 heterocycles. The molecule has 0 amide bonds. The second kappa shape index (κ2) is 5.72. The van der Waals surface area contributed by atoms with Gasteiger partial charge in [-0.05, 0) is 38.8 Å². The van der Waals surface area contributed by atoms with Crippen molar-refractivity contribution >= 4 is 0 Å². The second-order valence-electron chi connectivity index (χ2n) is 4.91. The van der Waals surface area contributed by atoms with E-state index < -0.39 is 0 Å². The summed E-state index contributed by atoms with van der Waals surface area (Å²) in [5, 5.41) is 3.65. The molecule has 1 fully saturated rings. The highest BCUT2D eigenvalue weighted by molar-refractivity contribution is 4.80. The van der Waals surface area contributed by atoms with Gasteiger partial charge in [-0.15, -0.1) is 0 Å². The average Bonchev–Trinajstić information content (AvgIpc) is 2.41. The first-order chi connectivity index (χ1) is 6.65. The Bertz CT molecular complexity index is 156. The molecule has 1 rings (SSSR count). The lowest BCUT2D eigenvalue weighted by Gasteiger charge is -2.31. The van der Waals surface area contributed by atoms with Gasteiger partial charge in [0.25, 0.3) is 0 Å². The van der Waals surface area contributed by atoms with Gasteiger partial charge in [-0.3, -0.25) is 4.90 Å². The SMILES string of the molecule is CCC(C)N1CCCNC(C(C)C)C1. The third-order valence-electron chi connectivity index (χ3n) is 3.48. The molecule has 84 valence electrons. The topological polar surface area (TPSA) is 15.3 Å². The Morgan fingerprint density at radius 1 is 1.36 bits per heavy atom. The third-order valence-corrected chi connectivity index (χ3v) is 3.48. The van der Waals surface area contributed by atoms with Crippen molar-refractivity contribution in [1.82, 2.24) is 10.2 Å². The zero-order chi connectivity index (χ0) is 10.6. The number of hydrogen-bond acceptors (Lipinski definition) is 2. The molecule has 0 aliphatic carbocycles. The summed E-state index contributed by atoms with van der Waals surface area (Å²) in [7, 11) is 0. The Morgan fingerprint density at radius 3 is 2.64 bits per heavy atom. The minimum Gasteiger partial charge on any atom is -0.312 e. The lowest BCUT2D eigenvalue weighted by Crippen LogP contribution is -2.44. The fourth-order valence-corrected chi connectivity index (χ4v) is 2.08. The van der Waals surface area contributed by atoms with Gasteiger partial charge in [-0.25, -0.2) is 0 Å². The quantitative estimate of drug-likeness (QED) is 0.747. The van der Waals surface area contributed by atoms with Gasteiger partial charge in [0.05, 0.1) is 0 Å². The Morgan fingerprint density at radius 2 is 2.07 bits per heavy atom. The molecule has 0 aromatic carbocycles. The van der Waals surface area contributed by atoms with Gasteiger partial charge in [-0.1, -0.05) is 20.8 Å². The van der Waals surface area contributed by atoms with Gasteiger partial charge in [0, 0.05) is 18.6 Å². The first kappa shape index (κ1) is 12.0. The molecule has 0 radical (unpaired) electrons. The van der Waals surface area contributed by atoms with Crippen molar-refractivity contribution in [3.05, 3.63) is 0 Å². The van der Waals surface area contributed by atoms with Crippen molar-refractivity contribution in [3.63, 3.8) is 0 Å². The zero-order valence-corrected chi connectivity index (χ0v) is 10.2. The molecule has 2 unspecified atom stereocenters. The molecule has 2 heteroatoms. The molecule has 14 heavy (non-hydrogen) atoms. The highest BCUT2D eigenvalue weighted by Gasteiger charge is 2.22. The van der Waals surface area contributed by atoms with E-state index in [2.05, 4.69) is 37.9 Å². The lowest BCUT2D eigenvalue weighted by molar-refractivity contribution is 0.187. The van der Waals surface area contributed by atoms with Crippen LogP contribution in [0.3, 0.4) is 0 Å². The van der Waals surface area contributed by atoms with Crippen LogP contribution in [0.15, 0.2) is 0 Å². The van der Waals surface area contributed by atoms with E-state index in [4.69, 9.17) is 0 Å². The summed E-state index contributed by atoms with van der Waals surface area (Å²) >= 11 is 0. The normalized spacial score (nSPS) is 27.6. The van der Waals surface area contributed by atoms with Gasteiger partial charge < -0.3 is 5.32 Å². The van der Waals surface area contributed by atoms with Crippen molar-refractivity contribution in [1.29, 1.82) is 0 Å². The van der Waals surface area contributed by atoms with Crippen molar-refractivity contribution < 1.29 is 0 Å². The van der Waals surface area contributed by atoms with Crippen LogP contribution in [-0.2, 0) is 0 Å². The van der Waals surface area contributed by atoms with E-state index in [1.165, 1.54) is 32.5 Å². The number of nitrogens with one attached hydrogen (secondary N) is 1. The van der Waals surface area contributed by atoms with Crippen molar-refractivity contribution in [2.24, 2.45) is 5.92 Å². The Balaban J connectivity index is 2.51. The first-order valence-corrected chi connectivity index (χ1v) is 6.12. The van der Waals surface area contributed by atoms with Crippen LogP contribution in [0.2, 0.25) is 0 Å². The van der Waals surface area contributed by atoms with Crippen LogP contribution < -0.4 is 5.32 Å². The van der Waals surface area contributed by atoms with Crippen molar-refractivity contribution in [2.75, 3.05) is 19.6 Å². The molecule has 1 N–H and O–H groups in total. The first-order valence-electron chi connectivity index (χ1n) is 6.12. The summed E-state index contributed by atoms with van der Waals surface area (Å²) in [6.45, 7) is 13.0. The molecule has 1 aliphatic rings. The Kier molecular flexibility index (Phi) is 4.90. The van der Waals surface area contributed by atoms with E-state index in [1.807, 2.05) is 0 Å². The fraction of sp³-hybridized carbons (Fsp3) is 1.00. The largest absolute Gasteiger partial charge is 0.312 e. The van der Waals surface area contributed by atoms with Gasteiger partial charge in [0.1, 0.15) is 0 Å². The highest BCUT2D eigenvalue weighted by Crippen LogP contribution is 2.12. The molecule has 0 spiro atoms. The minimum absolute atomic E-state index is 0.687. The Hall–Kier alpha value is -0.0800. The number of rotatable bonds is 3. The molecule has 0 aromatic rings. The van der Waals surface area contributed by atoms with Crippen molar-refractivity contribution in [3.8, 4) is 0 Å². The Labute approximate surface area is 89.1 Å². The maximum absolute atomic E-state index is 3.65. The van der Waals surface area contributed by atoms with Gasteiger partial charge >= 0.3 is 0 Å².